The molecule has 0 saturated carbocycles. The Morgan fingerprint density at radius 1 is 1.38 bits per heavy atom. The monoisotopic (exact) mass is 227 g/mol. The highest BCUT2D eigenvalue weighted by Crippen LogP contribution is 2.15. The van der Waals surface area contributed by atoms with E-state index in [1.807, 2.05) is 0 Å². The minimum Gasteiger partial charge on any atom is -0.379 e. The van der Waals surface area contributed by atoms with Gasteiger partial charge in [0.1, 0.15) is 0 Å². The van der Waals surface area contributed by atoms with Crippen molar-refractivity contribution in [2.24, 2.45) is 16.1 Å². The van der Waals surface area contributed by atoms with Gasteiger partial charge in [-0.25, -0.2) is 0 Å². The molecule has 94 valence electrons. The van der Waals surface area contributed by atoms with Gasteiger partial charge in [-0.1, -0.05) is 13.8 Å². The molecular weight excluding hydrogens is 202 g/mol. The van der Waals surface area contributed by atoms with Gasteiger partial charge in [0.05, 0.1) is 13.2 Å². The molecule has 0 bridgehead atoms. The van der Waals surface area contributed by atoms with Crippen LogP contribution in [0.4, 0.5) is 0 Å². The van der Waals surface area contributed by atoms with Crippen molar-refractivity contribution >= 4 is 6.21 Å². The van der Waals surface area contributed by atoms with Gasteiger partial charge in [0.15, 0.2) is 0 Å². The zero-order valence-electron chi connectivity index (χ0n) is 10.6. The van der Waals surface area contributed by atoms with Gasteiger partial charge < -0.3 is 10.5 Å². The fraction of sp³-hybridized carbons (Fsp3) is 0.917. The van der Waals surface area contributed by atoms with E-state index >= 15 is 0 Å². The summed E-state index contributed by atoms with van der Waals surface area (Å²) in [6.07, 6.45) is 3.06. The summed E-state index contributed by atoms with van der Waals surface area (Å²) in [5, 5.41) is 0. The number of aliphatic imine (C=N–C) groups is 1. The van der Waals surface area contributed by atoms with Gasteiger partial charge in [-0.2, -0.15) is 0 Å². The Bertz CT molecular complexity index is 210. The Kier molecular flexibility index (Phi) is 5.95. The summed E-state index contributed by atoms with van der Waals surface area (Å²) in [4.78, 5) is 6.88. The van der Waals surface area contributed by atoms with Crippen LogP contribution in [0.25, 0.3) is 0 Å². The molecule has 1 heterocycles. The number of morpholine rings is 1. The van der Waals surface area contributed by atoms with Crippen LogP contribution in [0.3, 0.4) is 0 Å². The molecule has 0 aromatic carbocycles. The zero-order chi connectivity index (χ0) is 11.9. The van der Waals surface area contributed by atoms with Crippen molar-refractivity contribution in [1.29, 1.82) is 0 Å². The molecule has 0 unspecified atom stereocenters. The van der Waals surface area contributed by atoms with E-state index in [2.05, 4.69) is 30.0 Å². The maximum absolute atomic E-state index is 5.43. The molecule has 1 aliphatic rings. The smallest absolute Gasteiger partial charge is 0.0594 e. The summed E-state index contributed by atoms with van der Waals surface area (Å²) >= 11 is 0. The van der Waals surface area contributed by atoms with Crippen molar-refractivity contribution in [2.45, 2.75) is 20.3 Å². The van der Waals surface area contributed by atoms with Crippen LogP contribution < -0.4 is 5.73 Å². The molecule has 16 heavy (non-hydrogen) atoms. The van der Waals surface area contributed by atoms with E-state index in [-0.39, 0.29) is 5.41 Å². The summed E-state index contributed by atoms with van der Waals surface area (Å²) < 4.78 is 5.34. The lowest BCUT2D eigenvalue weighted by Gasteiger charge is -2.32. The van der Waals surface area contributed by atoms with E-state index in [9.17, 15) is 0 Å². The zero-order valence-corrected chi connectivity index (χ0v) is 10.6. The second-order valence-corrected chi connectivity index (χ2v) is 5.05. The minimum atomic E-state index is 0.145. The lowest BCUT2D eigenvalue weighted by Crippen LogP contribution is -2.42. The summed E-state index contributed by atoms with van der Waals surface area (Å²) in [5.74, 6) is 0. The Morgan fingerprint density at radius 3 is 2.69 bits per heavy atom. The first-order chi connectivity index (χ1) is 7.64. The van der Waals surface area contributed by atoms with Gasteiger partial charge in [-0.15, -0.1) is 0 Å². The van der Waals surface area contributed by atoms with E-state index in [1.54, 1.807) is 0 Å². The lowest BCUT2D eigenvalue weighted by atomic mass is 9.94. The SMILES string of the molecule is CC(C)(C=NCCCN)CN1CCOCC1. The normalized spacial score (nSPS) is 19.4. The highest BCUT2D eigenvalue weighted by atomic mass is 16.5. The molecule has 0 radical (unpaired) electrons. The van der Waals surface area contributed by atoms with E-state index < -0.39 is 0 Å². The van der Waals surface area contributed by atoms with Crippen LogP contribution >= 0.6 is 0 Å². The van der Waals surface area contributed by atoms with Gasteiger partial charge in [0.25, 0.3) is 0 Å². The third-order valence-electron chi connectivity index (χ3n) is 2.67. The summed E-state index contributed by atoms with van der Waals surface area (Å²) in [5.41, 5.74) is 5.58. The Balaban J connectivity index is 2.28. The topological polar surface area (TPSA) is 50.8 Å². The summed E-state index contributed by atoms with van der Waals surface area (Å²) in [7, 11) is 0. The van der Waals surface area contributed by atoms with Gasteiger partial charge in [0.2, 0.25) is 0 Å². The summed E-state index contributed by atoms with van der Waals surface area (Å²) in [6, 6.07) is 0. The van der Waals surface area contributed by atoms with E-state index in [0.29, 0.717) is 0 Å². The highest BCUT2D eigenvalue weighted by Gasteiger charge is 2.21. The molecular formula is C12H25N3O. The quantitative estimate of drug-likeness (QED) is 0.538. The fourth-order valence-corrected chi connectivity index (χ4v) is 1.87. The number of nitrogens with zero attached hydrogens (tertiary/aromatic N) is 2. The molecule has 0 aliphatic carbocycles. The molecule has 4 heteroatoms. The number of nitrogens with two attached hydrogens (primary N) is 1. The first kappa shape index (κ1) is 13.6. The average Bonchev–Trinajstić information content (AvgIpc) is 2.25. The van der Waals surface area contributed by atoms with Gasteiger partial charge in [-0.05, 0) is 13.0 Å². The highest BCUT2D eigenvalue weighted by molar-refractivity contribution is 5.64. The molecule has 4 nitrogen and oxygen atoms in total. The fourth-order valence-electron chi connectivity index (χ4n) is 1.87. The molecule has 0 amide bonds. The second-order valence-electron chi connectivity index (χ2n) is 5.05. The van der Waals surface area contributed by atoms with Gasteiger partial charge >= 0.3 is 0 Å². The first-order valence-corrected chi connectivity index (χ1v) is 6.15. The molecule has 1 fully saturated rings. The van der Waals surface area contributed by atoms with Crippen molar-refractivity contribution < 1.29 is 4.74 Å². The number of hydrogen-bond donors (Lipinski definition) is 1. The standard InChI is InChI=1S/C12H25N3O/c1-12(2,10-14-5-3-4-13)11-15-6-8-16-9-7-15/h10H,3-9,11,13H2,1-2H3. The average molecular weight is 227 g/mol. The minimum absolute atomic E-state index is 0.145. The van der Waals surface area contributed by atoms with Crippen LogP contribution in [0.15, 0.2) is 4.99 Å². The van der Waals surface area contributed by atoms with Crippen LogP contribution in [0.1, 0.15) is 20.3 Å². The number of hydrogen-bond acceptors (Lipinski definition) is 4. The number of ether oxygens (including phenoxy) is 1. The first-order valence-electron chi connectivity index (χ1n) is 6.15. The molecule has 2 N–H and O–H groups in total. The van der Waals surface area contributed by atoms with Crippen molar-refractivity contribution in [3.05, 3.63) is 0 Å². The molecule has 1 rings (SSSR count). The second kappa shape index (κ2) is 6.99. The number of rotatable bonds is 6. The molecule has 1 aliphatic heterocycles. The van der Waals surface area contributed by atoms with E-state index in [0.717, 1.165) is 52.4 Å². The van der Waals surface area contributed by atoms with Crippen LogP contribution in [0, 0.1) is 5.41 Å². The summed E-state index contributed by atoms with van der Waals surface area (Å²) in [6.45, 7) is 10.9. The maximum atomic E-state index is 5.43. The van der Waals surface area contributed by atoms with Crippen LogP contribution in [0.5, 0.6) is 0 Å². The van der Waals surface area contributed by atoms with Crippen LogP contribution in [-0.4, -0.2) is 57.1 Å². The van der Waals surface area contributed by atoms with Crippen LogP contribution in [0.2, 0.25) is 0 Å². The van der Waals surface area contributed by atoms with Gasteiger partial charge in [-0.3, -0.25) is 9.89 Å². The van der Waals surface area contributed by atoms with Crippen molar-refractivity contribution in [1.82, 2.24) is 4.90 Å². The maximum Gasteiger partial charge on any atom is 0.0594 e. The molecule has 1 saturated heterocycles. The Labute approximate surface area is 98.9 Å². The molecule has 0 aromatic heterocycles. The Hall–Kier alpha value is -0.450. The molecule has 0 aromatic rings. The van der Waals surface area contributed by atoms with Gasteiger partial charge in [0, 0.05) is 37.8 Å². The van der Waals surface area contributed by atoms with E-state index in [1.165, 1.54) is 0 Å². The van der Waals surface area contributed by atoms with Crippen molar-refractivity contribution in [3.8, 4) is 0 Å². The van der Waals surface area contributed by atoms with E-state index in [4.69, 9.17) is 10.5 Å². The van der Waals surface area contributed by atoms with Crippen LogP contribution in [-0.2, 0) is 4.74 Å². The molecule has 0 atom stereocenters. The largest absolute Gasteiger partial charge is 0.379 e. The molecule has 0 spiro atoms. The predicted molar refractivity (Wildman–Crippen MR) is 68.1 cm³/mol. The van der Waals surface area contributed by atoms with Crippen molar-refractivity contribution in [2.75, 3.05) is 45.9 Å². The van der Waals surface area contributed by atoms with Crippen molar-refractivity contribution in [3.63, 3.8) is 0 Å². The third-order valence-corrected chi connectivity index (χ3v) is 2.67. The third kappa shape index (κ3) is 5.58. The Morgan fingerprint density at radius 2 is 2.06 bits per heavy atom. The predicted octanol–water partition coefficient (Wildman–Crippen LogP) is 0.764. The lowest BCUT2D eigenvalue weighted by molar-refractivity contribution is 0.0290.